The molecule has 140 valence electrons. The SMILES string of the molecule is COc1ccc(Cl)cc1N1CC(C(=O)N2CCCC(C(=O)O)C2)CC1=O. The number of hydrogen-bond acceptors (Lipinski definition) is 4. The number of ether oxygens (including phenoxy) is 1. The highest BCUT2D eigenvalue weighted by Crippen LogP contribution is 2.36. The zero-order valence-electron chi connectivity index (χ0n) is 14.5. The second-order valence-electron chi connectivity index (χ2n) is 6.68. The van der Waals surface area contributed by atoms with Crippen LogP contribution in [0.2, 0.25) is 5.02 Å². The van der Waals surface area contributed by atoms with Crippen molar-refractivity contribution in [3.8, 4) is 5.75 Å². The topological polar surface area (TPSA) is 87.2 Å². The molecule has 7 nitrogen and oxygen atoms in total. The Bertz CT molecular complexity index is 738. The summed E-state index contributed by atoms with van der Waals surface area (Å²) in [4.78, 5) is 39.6. The number of benzene rings is 1. The van der Waals surface area contributed by atoms with E-state index in [0.29, 0.717) is 35.8 Å². The van der Waals surface area contributed by atoms with Gasteiger partial charge in [-0.15, -0.1) is 0 Å². The number of carboxylic acid groups (broad SMARTS) is 1. The first-order chi connectivity index (χ1) is 12.4. The molecule has 2 amide bonds. The van der Waals surface area contributed by atoms with Gasteiger partial charge in [0.25, 0.3) is 0 Å². The smallest absolute Gasteiger partial charge is 0.308 e. The van der Waals surface area contributed by atoms with E-state index in [-0.39, 0.29) is 31.3 Å². The molecule has 0 spiro atoms. The van der Waals surface area contributed by atoms with Crippen molar-refractivity contribution in [1.82, 2.24) is 4.90 Å². The first-order valence-electron chi connectivity index (χ1n) is 8.56. The molecule has 2 aliphatic heterocycles. The third-order valence-corrected chi connectivity index (χ3v) is 5.22. The standard InChI is InChI=1S/C18H21ClN2O5/c1-26-15-5-4-13(19)8-14(15)21-10-12(7-16(21)22)17(23)20-6-2-3-11(9-20)18(24)25/h4-5,8,11-12H,2-3,6-7,9-10H2,1H3,(H,24,25). The molecule has 1 aromatic carbocycles. The molecule has 2 unspecified atom stereocenters. The second kappa shape index (κ2) is 7.53. The van der Waals surface area contributed by atoms with Crippen LogP contribution in [-0.2, 0) is 14.4 Å². The number of hydrogen-bond donors (Lipinski definition) is 1. The van der Waals surface area contributed by atoms with Gasteiger partial charge in [0.1, 0.15) is 5.75 Å². The third-order valence-electron chi connectivity index (χ3n) is 4.99. The molecule has 2 aliphatic rings. The van der Waals surface area contributed by atoms with E-state index in [9.17, 15) is 19.5 Å². The lowest BCUT2D eigenvalue weighted by molar-refractivity contribution is -0.146. The number of methoxy groups -OCH3 is 1. The maximum atomic E-state index is 12.8. The van der Waals surface area contributed by atoms with Crippen LogP contribution in [0.5, 0.6) is 5.75 Å². The van der Waals surface area contributed by atoms with Gasteiger partial charge < -0.3 is 19.6 Å². The monoisotopic (exact) mass is 380 g/mol. The van der Waals surface area contributed by atoms with Gasteiger partial charge in [0.05, 0.1) is 24.6 Å². The second-order valence-corrected chi connectivity index (χ2v) is 7.12. The van der Waals surface area contributed by atoms with Crippen molar-refractivity contribution in [1.29, 1.82) is 0 Å². The van der Waals surface area contributed by atoms with E-state index in [1.807, 2.05) is 0 Å². The molecular formula is C18H21ClN2O5. The van der Waals surface area contributed by atoms with E-state index >= 15 is 0 Å². The molecule has 0 bridgehead atoms. The Labute approximate surface area is 156 Å². The summed E-state index contributed by atoms with van der Waals surface area (Å²) in [5.74, 6) is -1.72. The third kappa shape index (κ3) is 3.62. The number of amides is 2. The summed E-state index contributed by atoms with van der Waals surface area (Å²) >= 11 is 6.04. The zero-order chi connectivity index (χ0) is 18.8. The van der Waals surface area contributed by atoms with Gasteiger partial charge in [-0.3, -0.25) is 14.4 Å². The average Bonchev–Trinajstić information content (AvgIpc) is 3.02. The minimum absolute atomic E-state index is 0.0999. The Morgan fingerprint density at radius 1 is 1.27 bits per heavy atom. The molecule has 26 heavy (non-hydrogen) atoms. The number of carbonyl (C=O) groups is 3. The lowest BCUT2D eigenvalue weighted by Crippen LogP contribution is -2.45. The normalized spacial score (nSPS) is 23.2. The van der Waals surface area contributed by atoms with E-state index in [2.05, 4.69) is 0 Å². The summed E-state index contributed by atoms with van der Waals surface area (Å²) in [7, 11) is 1.51. The van der Waals surface area contributed by atoms with E-state index < -0.39 is 17.8 Å². The number of carbonyl (C=O) groups excluding carboxylic acids is 2. The lowest BCUT2D eigenvalue weighted by atomic mass is 9.96. The lowest BCUT2D eigenvalue weighted by Gasteiger charge is -2.32. The quantitative estimate of drug-likeness (QED) is 0.863. The van der Waals surface area contributed by atoms with Crippen LogP contribution in [0.1, 0.15) is 19.3 Å². The molecular weight excluding hydrogens is 360 g/mol. The van der Waals surface area contributed by atoms with Crippen LogP contribution < -0.4 is 9.64 Å². The van der Waals surface area contributed by atoms with Gasteiger partial charge in [0.2, 0.25) is 11.8 Å². The number of likely N-dealkylation sites (tertiary alicyclic amines) is 1. The molecule has 0 saturated carbocycles. The number of nitrogens with zero attached hydrogens (tertiary/aromatic N) is 2. The van der Waals surface area contributed by atoms with Crippen molar-refractivity contribution >= 4 is 35.1 Å². The number of carboxylic acids is 1. The molecule has 2 heterocycles. The Hall–Kier alpha value is -2.28. The van der Waals surface area contributed by atoms with Gasteiger partial charge in [0.15, 0.2) is 0 Å². The summed E-state index contributed by atoms with van der Waals surface area (Å²) < 4.78 is 5.30. The van der Waals surface area contributed by atoms with E-state index in [1.54, 1.807) is 23.1 Å². The summed E-state index contributed by atoms with van der Waals surface area (Å²) in [6, 6.07) is 5.00. The van der Waals surface area contributed by atoms with Crippen LogP contribution in [0.15, 0.2) is 18.2 Å². The minimum Gasteiger partial charge on any atom is -0.495 e. The van der Waals surface area contributed by atoms with E-state index in [4.69, 9.17) is 16.3 Å². The first kappa shape index (κ1) is 18.5. The molecule has 8 heteroatoms. The predicted octanol–water partition coefficient (Wildman–Crippen LogP) is 2.02. The summed E-state index contributed by atoms with van der Waals surface area (Å²) in [6.45, 7) is 0.982. The van der Waals surface area contributed by atoms with Crippen molar-refractivity contribution < 1.29 is 24.2 Å². The van der Waals surface area contributed by atoms with E-state index in [1.165, 1.54) is 12.0 Å². The number of rotatable bonds is 4. The highest BCUT2D eigenvalue weighted by molar-refractivity contribution is 6.31. The van der Waals surface area contributed by atoms with Crippen molar-refractivity contribution in [2.24, 2.45) is 11.8 Å². The van der Waals surface area contributed by atoms with Crippen LogP contribution in [0.25, 0.3) is 0 Å². The number of piperidine rings is 1. The molecule has 2 saturated heterocycles. The van der Waals surface area contributed by atoms with Crippen LogP contribution in [0.3, 0.4) is 0 Å². The van der Waals surface area contributed by atoms with Crippen molar-refractivity contribution in [3.63, 3.8) is 0 Å². The summed E-state index contributed by atoms with van der Waals surface area (Å²) in [5.41, 5.74) is 0.544. The first-order valence-corrected chi connectivity index (χ1v) is 8.94. The van der Waals surface area contributed by atoms with Gasteiger partial charge >= 0.3 is 5.97 Å². The Morgan fingerprint density at radius 3 is 2.73 bits per heavy atom. The van der Waals surface area contributed by atoms with E-state index in [0.717, 1.165) is 0 Å². The molecule has 2 atom stereocenters. The Kier molecular flexibility index (Phi) is 5.36. The number of halogens is 1. The molecule has 0 aromatic heterocycles. The Balaban J connectivity index is 1.74. The molecule has 3 rings (SSSR count). The molecule has 1 N–H and O–H groups in total. The maximum absolute atomic E-state index is 12.8. The average molecular weight is 381 g/mol. The maximum Gasteiger partial charge on any atom is 0.308 e. The van der Waals surface area contributed by atoms with Crippen LogP contribution >= 0.6 is 11.6 Å². The van der Waals surface area contributed by atoms with Crippen molar-refractivity contribution in [3.05, 3.63) is 23.2 Å². The molecule has 2 fully saturated rings. The molecule has 1 aromatic rings. The van der Waals surface area contributed by atoms with Crippen LogP contribution in [0, 0.1) is 11.8 Å². The van der Waals surface area contributed by atoms with Crippen LogP contribution in [0.4, 0.5) is 5.69 Å². The van der Waals surface area contributed by atoms with Crippen molar-refractivity contribution in [2.45, 2.75) is 19.3 Å². The zero-order valence-corrected chi connectivity index (χ0v) is 15.2. The molecule has 0 aliphatic carbocycles. The number of aliphatic carboxylic acids is 1. The summed E-state index contributed by atoms with van der Waals surface area (Å²) in [5, 5.41) is 9.67. The van der Waals surface area contributed by atoms with Gasteiger partial charge in [-0.2, -0.15) is 0 Å². The largest absolute Gasteiger partial charge is 0.495 e. The highest BCUT2D eigenvalue weighted by atomic mass is 35.5. The fourth-order valence-corrected chi connectivity index (χ4v) is 3.78. The predicted molar refractivity (Wildman–Crippen MR) is 95.4 cm³/mol. The summed E-state index contributed by atoms with van der Waals surface area (Å²) in [6.07, 6.45) is 1.34. The molecule has 0 radical (unpaired) electrons. The van der Waals surface area contributed by atoms with Crippen molar-refractivity contribution in [2.75, 3.05) is 31.6 Å². The minimum atomic E-state index is -0.879. The van der Waals surface area contributed by atoms with Gasteiger partial charge in [-0.25, -0.2) is 0 Å². The fraction of sp³-hybridized carbons (Fsp3) is 0.500. The van der Waals surface area contributed by atoms with Gasteiger partial charge in [0, 0.05) is 31.1 Å². The van der Waals surface area contributed by atoms with Gasteiger partial charge in [-0.1, -0.05) is 11.6 Å². The number of anilines is 1. The van der Waals surface area contributed by atoms with Gasteiger partial charge in [-0.05, 0) is 31.0 Å². The van der Waals surface area contributed by atoms with Crippen LogP contribution in [-0.4, -0.2) is 54.5 Å². The highest BCUT2D eigenvalue weighted by Gasteiger charge is 2.39. The fourth-order valence-electron chi connectivity index (χ4n) is 3.62. The Morgan fingerprint density at radius 2 is 2.04 bits per heavy atom.